The van der Waals surface area contributed by atoms with Crippen molar-refractivity contribution in [2.75, 3.05) is 0 Å². The average molecular weight is 457 g/mol. The molecule has 1 aliphatic rings. The van der Waals surface area contributed by atoms with E-state index in [0.717, 1.165) is 42.5 Å². The Morgan fingerprint density at radius 3 is 2.29 bits per heavy atom. The number of aromatic nitrogens is 4. The first-order chi connectivity index (χ1) is 16.3. The molecule has 1 aliphatic carbocycles. The van der Waals surface area contributed by atoms with Crippen molar-refractivity contribution in [2.45, 2.75) is 71.4 Å². The van der Waals surface area contributed by atoms with Crippen LogP contribution in [0.4, 0.5) is 0 Å². The molecule has 4 aromatic rings. The lowest BCUT2D eigenvalue weighted by Gasteiger charge is -2.19. The van der Waals surface area contributed by atoms with Crippen LogP contribution in [-0.2, 0) is 12.0 Å². The zero-order valence-electron chi connectivity index (χ0n) is 20.4. The van der Waals surface area contributed by atoms with E-state index in [0.29, 0.717) is 17.7 Å². The smallest absolute Gasteiger partial charge is 0.320 e. The van der Waals surface area contributed by atoms with Crippen LogP contribution in [0.25, 0.3) is 16.9 Å². The summed E-state index contributed by atoms with van der Waals surface area (Å²) in [6.07, 6.45) is 5.49. The van der Waals surface area contributed by atoms with Crippen molar-refractivity contribution in [1.29, 1.82) is 0 Å². The zero-order valence-corrected chi connectivity index (χ0v) is 20.4. The Kier molecular flexibility index (Phi) is 5.54. The Balaban J connectivity index is 1.70. The molecule has 0 bridgehead atoms. The van der Waals surface area contributed by atoms with Gasteiger partial charge in [-0.2, -0.15) is 0 Å². The number of rotatable bonds is 4. The van der Waals surface area contributed by atoms with Gasteiger partial charge in [-0.25, -0.2) is 14.3 Å². The van der Waals surface area contributed by atoms with Crippen LogP contribution in [0.3, 0.4) is 0 Å². The van der Waals surface area contributed by atoms with E-state index in [-0.39, 0.29) is 22.7 Å². The third-order valence-electron chi connectivity index (χ3n) is 7.07. The van der Waals surface area contributed by atoms with E-state index in [1.807, 2.05) is 35.8 Å². The largest absolute Gasteiger partial charge is 0.337 e. The van der Waals surface area contributed by atoms with Crippen LogP contribution in [0.2, 0.25) is 0 Å². The molecule has 0 atom stereocenters. The average Bonchev–Trinajstić information content (AvgIpc) is 3.46. The van der Waals surface area contributed by atoms with Crippen molar-refractivity contribution in [2.24, 2.45) is 0 Å². The third-order valence-corrected chi connectivity index (χ3v) is 7.07. The van der Waals surface area contributed by atoms with Gasteiger partial charge in [0.2, 0.25) is 0 Å². The van der Waals surface area contributed by atoms with E-state index in [4.69, 9.17) is 0 Å². The number of hydrogen-bond donors (Lipinski definition) is 0. The fourth-order valence-electron chi connectivity index (χ4n) is 5.10. The molecule has 34 heavy (non-hydrogen) atoms. The second-order valence-corrected chi connectivity index (χ2v) is 10.5. The monoisotopic (exact) mass is 456 g/mol. The van der Waals surface area contributed by atoms with E-state index in [2.05, 4.69) is 50.0 Å². The van der Waals surface area contributed by atoms with Gasteiger partial charge < -0.3 is 4.57 Å². The summed E-state index contributed by atoms with van der Waals surface area (Å²) in [5.41, 5.74) is 4.55. The van der Waals surface area contributed by atoms with Crippen LogP contribution in [0.1, 0.15) is 69.2 Å². The van der Waals surface area contributed by atoms with E-state index < -0.39 is 0 Å². The van der Waals surface area contributed by atoms with Crippen molar-refractivity contribution >= 4 is 11.2 Å². The molecule has 1 saturated carbocycles. The Hall–Kier alpha value is -3.41. The molecular formula is C28H32N4O2. The maximum absolute atomic E-state index is 13.8. The SMILES string of the molecule is Cc1ccccc1-n1c(=O)n(C2CCCC2)c(=O)c2c1ncn2Cc1ccc(C(C)(C)C)cc1. The van der Waals surface area contributed by atoms with Gasteiger partial charge in [0.25, 0.3) is 5.56 Å². The second kappa shape index (κ2) is 8.42. The number of fused-ring (bicyclic) bond motifs is 1. The molecule has 5 rings (SSSR count). The fourth-order valence-corrected chi connectivity index (χ4v) is 5.10. The summed E-state index contributed by atoms with van der Waals surface area (Å²) in [6.45, 7) is 9.09. The van der Waals surface area contributed by atoms with Gasteiger partial charge in [0.1, 0.15) is 0 Å². The highest BCUT2D eigenvalue weighted by Gasteiger charge is 2.26. The molecule has 0 N–H and O–H groups in total. The van der Waals surface area contributed by atoms with Crippen LogP contribution in [-0.4, -0.2) is 18.7 Å². The van der Waals surface area contributed by atoms with Crippen LogP contribution in [0.5, 0.6) is 0 Å². The number of para-hydroxylation sites is 1. The minimum atomic E-state index is -0.293. The van der Waals surface area contributed by atoms with Gasteiger partial charge >= 0.3 is 5.69 Å². The normalized spacial score (nSPS) is 14.8. The first kappa shape index (κ1) is 22.4. The number of imidazole rings is 1. The van der Waals surface area contributed by atoms with Crippen molar-refractivity contribution in [3.8, 4) is 5.69 Å². The molecule has 2 aromatic heterocycles. The second-order valence-electron chi connectivity index (χ2n) is 10.5. The van der Waals surface area contributed by atoms with E-state index in [1.165, 1.54) is 10.1 Å². The number of nitrogens with zero attached hydrogens (tertiary/aromatic N) is 4. The molecule has 176 valence electrons. The van der Waals surface area contributed by atoms with Gasteiger partial charge in [0.15, 0.2) is 11.2 Å². The van der Waals surface area contributed by atoms with Crippen LogP contribution >= 0.6 is 0 Å². The van der Waals surface area contributed by atoms with Crippen molar-refractivity contribution in [3.05, 3.63) is 92.4 Å². The summed E-state index contributed by atoms with van der Waals surface area (Å²) in [5, 5.41) is 0. The molecule has 2 heterocycles. The molecule has 0 saturated heterocycles. The fraction of sp³-hybridized carbons (Fsp3) is 0.393. The van der Waals surface area contributed by atoms with Crippen molar-refractivity contribution in [3.63, 3.8) is 0 Å². The number of aryl methyl sites for hydroxylation is 1. The first-order valence-electron chi connectivity index (χ1n) is 12.1. The predicted molar refractivity (Wildman–Crippen MR) is 136 cm³/mol. The lowest BCUT2D eigenvalue weighted by Crippen LogP contribution is -2.42. The minimum absolute atomic E-state index is 0.0610. The summed E-state index contributed by atoms with van der Waals surface area (Å²) >= 11 is 0. The number of benzene rings is 2. The predicted octanol–water partition coefficient (Wildman–Crippen LogP) is 5.12. The summed E-state index contributed by atoms with van der Waals surface area (Å²) in [5.74, 6) is 0. The molecule has 0 spiro atoms. The van der Waals surface area contributed by atoms with Gasteiger partial charge in [0.05, 0.1) is 12.0 Å². The Morgan fingerprint density at radius 2 is 1.65 bits per heavy atom. The highest BCUT2D eigenvalue weighted by atomic mass is 16.2. The van der Waals surface area contributed by atoms with E-state index >= 15 is 0 Å². The van der Waals surface area contributed by atoms with Gasteiger partial charge in [-0.05, 0) is 47.9 Å². The lowest BCUT2D eigenvalue weighted by molar-refractivity contribution is 0.474. The summed E-state index contributed by atoms with van der Waals surface area (Å²) in [4.78, 5) is 32.1. The Morgan fingerprint density at radius 1 is 0.971 bits per heavy atom. The standard InChI is InChI=1S/C28H32N4O2/c1-19-9-5-8-12-23(19)32-25-24(26(33)31(27(32)34)22-10-6-7-11-22)30(18-29-25)17-20-13-15-21(16-14-20)28(2,3)4/h5,8-9,12-16,18,22H,6-7,10-11,17H2,1-4H3. The zero-order chi connectivity index (χ0) is 24.0. The summed E-state index contributed by atoms with van der Waals surface area (Å²) in [7, 11) is 0. The maximum atomic E-state index is 13.8. The lowest BCUT2D eigenvalue weighted by atomic mass is 9.87. The van der Waals surface area contributed by atoms with Crippen LogP contribution < -0.4 is 11.2 Å². The summed E-state index contributed by atoms with van der Waals surface area (Å²) in [6, 6.07) is 16.2. The highest BCUT2D eigenvalue weighted by molar-refractivity contribution is 5.73. The summed E-state index contributed by atoms with van der Waals surface area (Å²) < 4.78 is 5.01. The molecule has 0 radical (unpaired) electrons. The minimum Gasteiger partial charge on any atom is -0.320 e. The van der Waals surface area contributed by atoms with Crippen LogP contribution in [0.15, 0.2) is 64.4 Å². The van der Waals surface area contributed by atoms with Gasteiger partial charge in [0, 0.05) is 12.6 Å². The van der Waals surface area contributed by atoms with Crippen molar-refractivity contribution in [1.82, 2.24) is 18.7 Å². The molecule has 6 nitrogen and oxygen atoms in total. The quantitative estimate of drug-likeness (QED) is 0.428. The topological polar surface area (TPSA) is 61.8 Å². The number of hydrogen-bond acceptors (Lipinski definition) is 3. The maximum Gasteiger partial charge on any atom is 0.337 e. The van der Waals surface area contributed by atoms with Crippen molar-refractivity contribution < 1.29 is 0 Å². The van der Waals surface area contributed by atoms with Crippen LogP contribution in [0, 0.1) is 6.92 Å². The molecule has 0 aliphatic heterocycles. The molecule has 6 heteroatoms. The Bertz CT molecular complexity index is 1460. The van der Waals surface area contributed by atoms with Gasteiger partial charge in [-0.15, -0.1) is 0 Å². The molecule has 2 aromatic carbocycles. The van der Waals surface area contributed by atoms with Gasteiger partial charge in [-0.1, -0.05) is 76.1 Å². The van der Waals surface area contributed by atoms with E-state index in [1.54, 1.807) is 10.9 Å². The Labute approximate surface area is 199 Å². The molecule has 1 fully saturated rings. The molecule has 0 amide bonds. The third kappa shape index (κ3) is 3.81. The highest BCUT2D eigenvalue weighted by Crippen LogP contribution is 2.28. The molecule has 0 unspecified atom stereocenters. The first-order valence-corrected chi connectivity index (χ1v) is 12.1. The van der Waals surface area contributed by atoms with E-state index in [9.17, 15) is 9.59 Å². The molecular weight excluding hydrogens is 424 g/mol. The van der Waals surface area contributed by atoms with Gasteiger partial charge in [-0.3, -0.25) is 9.36 Å².